The number of unbranched alkanes of at least 4 members (excludes halogenated alkanes) is 1. The number of nitrogens with zero attached hydrogens (tertiary/aromatic N) is 1. The Balaban J connectivity index is 1.93. The molecule has 0 atom stereocenters. The third kappa shape index (κ3) is 4.17. The predicted octanol–water partition coefficient (Wildman–Crippen LogP) is 4.06. The summed E-state index contributed by atoms with van der Waals surface area (Å²) >= 11 is 1.57. The smallest absolute Gasteiger partial charge is 0.168 e. The average Bonchev–Trinajstić information content (AvgIpc) is 2.85. The molecule has 0 saturated carbocycles. The van der Waals surface area contributed by atoms with E-state index in [1.165, 1.54) is 0 Å². The van der Waals surface area contributed by atoms with Gasteiger partial charge in [0.1, 0.15) is 5.75 Å². The molecule has 0 aliphatic rings. The SMILES string of the molecule is CCCCOc1ccc(C(=O)Cc2csc(C)n2)cc1. The van der Waals surface area contributed by atoms with Crippen LogP contribution in [0.1, 0.15) is 40.8 Å². The summed E-state index contributed by atoms with van der Waals surface area (Å²) in [5, 5.41) is 2.93. The highest BCUT2D eigenvalue weighted by atomic mass is 32.1. The maximum Gasteiger partial charge on any atom is 0.168 e. The van der Waals surface area contributed by atoms with Gasteiger partial charge in [0.15, 0.2) is 5.78 Å². The van der Waals surface area contributed by atoms with Crippen LogP contribution in [0.2, 0.25) is 0 Å². The molecular weight excluding hydrogens is 270 g/mol. The van der Waals surface area contributed by atoms with Crippen LogP contribution >= 0.6 is 11.3 Å². The van der Waals surface area contributed by atoms with E-state index in [1.807, 2.05) is 36.6 Å². The molecule has 0 aliphatic carbocycles. The molecular formula is C16H19NO2S. The van der Waals surface area contributed by atoms with Crippen LogP contribution in [0.15, 0.2) is 29.6 Å². The Hall–Kier alpha value is -1.68. The van der Waals surface area contributed by atoms with E-state index in [0.717, 1.165) is 35.9 Å². The first kappa shape index (κ1) is 14.7. The van der Waals surface area contributed by atoms with Gasteiger partial charge < -0.3 is 4.74 Å². The summed E-state index contributed by atoms with van der Waals surface area (Å²) in [4.78, 5) is 16.4. The molecule has 2 rings (SSSR count). The summed E-state index contributed by atoms with van der Waals surface area (Å²) in [6, 6.07) is 7.36. The van der Waals surface area contributed by atoms with Crippen LogP contribution in [0.4, 0.5) is 0 Å². The van der Waals surface area contributed by atoms with Crippen LogP contribution in [0.25, 0.3) is 0 Å². The van der Waals surface area contributed by atoms with E-state index >= 15 is 0 Å². The zero-order chi connectivity index (χ0) is 14.4. The van der Waals surface area contributed by atoms with E-state index in [4.69, 9.17) is 4.74 Å². The second kappa shape index (κ2) is 7.20. The maximum absolute atomic E-state index is 12.1. The third-order valence-electron chi connectivity index (χ3n) is 2.95. The molecule has 0 N–H and O–H groups in total. The molecule has 0 fully saturated rings. The van der Waals surface area contributed by atoms with Crippen molar-refractivity contribution in [3.63, 3.8) is 0 Å². The lowest BCUT2D eigenvalue weighted by Gasteiger charge is -2.06. The van der Waals surface area contributed by atoms with Crippen molar-refractivity contribution in [3.8, 4) is 5.75 Å². The molecule has 20 heavy (non-hydrogen) atoms. The van der Waals surface area contributed by atoms with Crippen molar-refractivity contribution >= 4 is 17.1 Å². The van der Waals surface area contributed by atoms with E-state index in [2.05, 4.69) is 11.9 Å². The molecule has 0 bridgehead atoms. The van der Waals surface area contributed by atoms with E-state index in [0.29, 0.717) is 12.0 Å². The van der Waals surface area contributed by atoms with Crippen LogP contribution in [0.3, 0.4) is 0 Å². The molecule has 1 aromatic heterocycles. The van der Waals surface area contributed by atoms with Crippen LogP contribution in [0, 0.1) is 6.92 Å². The van der Waals surface area contributed by atoms with Gasteiger partial charge in [-0.1, -0.05) is 13.3 Å². The number of hydrogen-bond acceptors (Lipinski definition) is 4. The molecule has 0 saturated heterocycles. The van der Waals surface area contributed by atoms with Gasteiger partial charge in [-0.25, -0.2) is 4.98 Å². The first-order chi connectivity index (χ1) is 9.69. The zero-order valence-corrected chi connectivity index (χ0v) is 12.7. The fourth-order valence-corrected chi connectivity index (χ4v) is 2.44. The second-order valence-electron chi connectivity index (χ2n) is 4.68. The highest BCUT2D eigenvalue weighted by Gasteiger charge is 2.09. The minimum absolute atomic E-state index is 0.0930. The molecule has 1 aromatic carbocycles. The molecule has 106 valence electrons. The number of ether oxygens (including phenoxy) is 1. The van der Waals surface area contributed by atoms with Crippen LogP contribution in [0.5, 0.6) is 5.75 Å². The number of rotatable bonds is 7. The molecule has 1 heterocycles. The topological polar surface area (TPSA) is 39.2 Å². The van der Waals surface area contributed by atoms with E-state index in [1.54, 1.807) is 11.3 Å². The van der Waals surface area contributed by atoms with E-state index < -0.39 is 0 Å². The Morgan fingerprint density at radius 3 is 2.65 bits per heavy atom. The molecule has 0 radical (unpaired) electrons. The summed E-state index contributed by atoms with van der Waals surface area (Å²) in [5.74, 6) is 0.912. The fraction of sp³-hybridized carbons (Fsp3) is 0.375. The van der Waals surface area contributed by atoms with Crippen molar-refractivity contribution in [2.75, 3.05) is 6.61 Å². The minimum atomic E-state index is 0.0930. The maximum atomic E-state index is 12.1. The third-order valence-corrected chi connectivity index (χ3v) is 3.77. The Bertz CT molecular complexity index is 560. The lowest BCUT2D eigenvalue weighted by molar-refractivity contribution is 0.0992. The zero-order valence-electron chi connectivity index (χ0n) is 11.9. The Labute approximate surface area is 123 Å². The number of carbonyl (C=O) groups is 1. The van der Waals surface area contributed by atoms with Gasteiger partial charge in [-0.15, -0.1) is 11.3 Å². The molecule has 3 nitrogen and oxygen atoms in total. The number of ketones is 1. The minimum Gasteiger partial charge on any atom is -0.494 e. The quantitative estimate of drug-likeness (QED) is 0.570. The van der Waals surface area contributed by atoms with Gasteiger partial charge in [-0.3, -0.25) is 4.79 Å². The van der Waals surface area contributed by atoms with Crippen LogP contribution < -0.4 is 4.74 Å². The Kier molecular flexibility index (Phi) is 5.30. The summed E-state index contributed by atoms with van der Waals surface area (Å²) in [5.41, 5.74) is 1.55. The number of benzene rings is 1. The summed E-state index contributed by atoms with van der Waals surface area (Å²) in [6.45, 7) is 4.80. The first-order valence-corrected chi connectivity index (χ1v) is 7.74. The van der Waals surface area contributed by atoms with Crippen molar-refractivity contribution in [1.29, 1.82) is 0 Å². The second-order valence-corrected chi connectivity index (χ2v) is 5.75. The van der Waals surface area contributed by atoms with Crippen molar-refractivity contribution in [3.05, 3.63) is 45.9 Å². The Morgan fingerprint density at radius 1 is 1.30 bits per heavy atom. The number of hydrogen-bond donors (Lipinski definition) is 0. The summed E-state index contributed by atoms with van der Waals surface area (Å²) in [7, 11) is 0. The van der Waals surface area contributed by atoms with Crippen molar-refractivity contribution in [2.45, 2.75) is 33.1 Å². The normalized spacial score (nSPS) is 10.5. The standard InChI is InChI=1S/C16H19NO2S/c1-3-4-9-19-15-7-5-13(6-8-15)16(18)10-14-11-20-12(2)17-14/h5-8,11H,3-4,9-10H2,1-2H3. The lowest BCUT2D eigenvalue weighted by atomic mass is 10.1. The van der Waals surface area contributed by atoms with Crippen LogP contribution in [-0.4, -0.2) is 17.4 Å². The van der Waals surface area contributed by atoms with Gasteiger partial charge in [0, 0.05) is 10.9 Å². The molecule has 0 amide bonds. The first-order valence-electron chi connectivity index (χ1n) is 6.86. The van der Waals surface area contributed by atoms with Gasteiger partial charge in [0.25, 0.3) is 0 Å². The van der Waals surface area contributed by atoms with Gasteiger partial charge in [-0.05, 0) is 37.6 Å². The van der Waals surface area contributed by atoms with Crippen molar-refractivity contribution < 1.29 is 9.53 Å². The number of carbonyl (C=O) groups excluding carboxylic acids is 1. The summed E-state index contributed by atoms with van der Waals surface area (Å²) in [6.07, 6.45) is 2.52. The lowest BCUT2D eigenvalue weighted by Crippen LogP contribution is -2.04. The molecule has 0 aliphatic heterocycles. The van der Waals surface area contributed by atoms with Crippen molar-refractivity contribution in [1.82, 2.24) is 4.98 Å². The number of aryl methyl sites for hydroxylation is 1. The summed E-state index contributed by atoms with van der Waals surface area (Å²) < 4.78 is 5.58. The highest BCUT2D eigenvalue weighted by molar-refractivity contribution is 7.09. The molecule has 2 aromatic rings. The van der Waals surface area contributed by atoms with Crippen molar-refractivity contribution in [2.24, 2.45) is 0 Å². The number of thiazole rings is 1. The molecule has 0 unspecified atom stereocenters. The van der Waals surface area contributed by atoms with Gasteiger partial charge in [-0.2, -0.15) is 0 Å². The largest absolute Gasteiger partial charge is 0.494 e. The molecule has 4 heteroatoms. The number of Topliss-reactive ketones (excluding diaryl/α,β-unsaturated/α-hetero) is 1. The average molecular weight is 289 g/mol. The Morgan fingerprint density at radius 2 is 2.05 bits per heavy atom. The van der Waals surface area contributed by atoms with E-state index in [-0.39, 0.29) is 5.78 Å². The highest BCUT2D eigenvalue weighted by Crippen LogP contribution is 2.15. The van der Waals surface area contributed by atoms with Gasteiger partial charge in [0.2, 0.25) is 0 Å². The predicted molar refractivity (Wildman–Crippen MR) is 81.7 cm³/mol. The number of aromatic nitrogens is 1. The van der Waals surface area contributed by atoms with E-state index in [9.17, 15) is 4.79 Å². The van der Waals surface area contributed by atoms with Gasteiger partial charge in [0.05, 0.1) is 23.7 Å². The molecule has 0 spiro atoms. The van der Waals surface area contributed by atoms with Crippen LogP contribution in [-0.2, 0) is 6.42 Å². The fourth-order valence-electron chi connectivity index (χ4n) is 1.83. The monoisotopic (exact) mass is 289 g/mol. The van der Waals surface area contributed by atoms with Gasteiger partial charge >= 0.3 is 0 Å².